The third-order valence-corrected chi connectivity index (χ3v) is 8.03. The second kappa shape index (κ2) is 15.3. The van der Waals surface area contributed by atoms with Gasteiger partial charge in [-0.05, 0) is 91.0 Å². The Morgan fingerprint density at radius 3 is 1.47 bits per heavy atom. The lowest BCUT2D eigenvalue weighted by Crippen LogP contribution is -2.26. The molecule has 0 bridgehead atoms. The molecule has 2 heterocycles. The molecular weight excluding hydrogens is 631 g/mol. The van der Waals surface area contributed by atoms with Gasteiger partial charge < -0.3 is 29.0 Å². The van der Waals surface area contributed by atoms with Gasteiger partial charge in [-0.3, -0.25) is 0 Å². The van der Waals surface area contributed by atoms with Crippen LogP contribution in [0.3, 0.4) is 0 Å². The number of aryl methyl sites for hydroxylation is 1. The molecule has 0 unspecified atom stereocenters. The minimum absolute atomic E-state index is 0.588. The Bertz CT molecular complexity index is 1150. The van der Waals surface area contributed by atoms with Crippen LogP contribution in [-0.2, 0) is 0 Å². The lowest BCUT2D eigenvalue weighted by molar-refractivity contribution is 0.389. The number of methoxy groups -OCH3 is 4. The van der Waals surface area contributed by atoms with E-state index in [1.807, 2.05) is 37.3 Å². The van der Waals surface area contributed by atoms with Crippen LogP contribution in [0.25, 0.3) is 10.4 Å². The van der Waals surface area contributed by atoms with E-state index >= 15 is 0 Å². The molecule has 0 saturated heterocycles. The van der Waals surface area contributed by atoms with E-state index < -0.39 is 7.12 Å². The molecule has 4 rings (SSSR count). The first-order chi connectivity index (χ1) is 17.2. The first kappa shape index (κ1) is 30.2. The van der Waals surface area contributed by atoms with Gasteiger partial charge >= 0.3 is 7.12 Å². The molecule has 4 aromatic rings. The van der Waals surface area contributed by atoms with Crippen LogP contribution in [0.4, 0.5) is 0 Å². The summed E-state index contributed by atoms with van der Waals surface area (Å²) >= 11 is 9.86. The molecule has 6 nitrogen and oxygen atoms in total. The molecule has 0 aliphatic rings. The number of ether oxygens (including phenoxy) is 4. The second-order valence-electron chi connectivity index (χ2n) is 7.04. The number of benzene rings is 2. The van der Waals surface area contributed by atoms with Gasteiger partial charge in [0.2, 0.25) is 0 Å². The highest BCUT2D eigenvalue weighted by atomic mass is 79.9. The van der Waals surface area contributed by atoms with Crippen molar-refractivity contribution in [3.63, 3.8) is 0 Å². The molecule has 11 heteroatoms. The zero-order valence-electron chi connectivity index (χ0n) is 20.5. The monoisotopic (exact) mass is 656 g/mol. The average Bonchev–Trinajstić information content (AvgIpc) is 3.61. The van der Waals surface area contributed by atoms with Crippen LogP contribution in [0.2, 0.25) is 0 Å². The Morgan fingerprint density at radius 2 is 1.14 bits per heavy atom. The topological polar surface area (TPSA) is 77.4 Å². The van der Waals surface area contributed by atoms with Crippen molar-refractivity contribution in [1.82, 2.24) is 0 Å². The first-order valence-corrected chi connectivity index (χ1v) is 13.8. The smallest absolute Gasteiger partial charge is 0.495 e. The number of rotatable bonds is 6. The minimum Gasteiger partial charge on any atom is -0.495 e. The number of thiophene rings is 2. The maximum absolute atomic E-state index is 8.48. The van der Waals surface area contributed by atoms with E-state index in [-0.39, 0.29) is 0 Å². The van der Waals surface area contributed by atoms with Crippen molar-refractivity contribution in [3.8, 4) is 33.4 Å². The molecular formula is C25H27BBr2O6S2. The SMILES string of the molecule is COc1cc(-c2cccs2)cc(OC)c1Br.COc1cc(C)cc(OC)c1Br.OB(O)c1cccs1. The highest BCUT2D eigenvalue weighted by molar-refractivity contribution is 9.11. The summed E-state index contributed by atoms with van der Waals surface area (Å²) < 4.78 is 23.2. The van der Waals surface area contributed by atoms with Gasteiger partial charge in [0.15, 0.2) is 0 Å². The zero-order chi connectivity index (χ0) is 26.7. The van der Waals surface area contributed by atoms with Crippen LogP contribution in [0.15, 0.2) is 68.2 Å². The second-order valence-corrected chi connectivity index (χ2v) is 10.6. The van der Waals surface area contributed by atoms with Gasteiger partial charge in [-0.2, -0.15) is 11.3 Å². The van der Waals surface area contributed by atoms with E-state index in [4.69, 9.17) is 29.0 Å². The van der Waals surface area contributed by atoms with Crippen molar-refractivity contribution in [2.45, 2.75) is 6.92 Å². The van der Waals surface area contributed by atoms with Crippen LogP contribution in [0, 0.1) is 6.92 Å². The van der Waals surface area contributed by atoms with E-state index in [1.165, 1.54) is 16.2 Å². The molecule has 2 N–H and O–H groups in total. The maximum Gasteiger partial charge on any atom is 0.499 e. The molecule has 0 aliphatic carbocycles. The molecule has 0 fully saturated rings. The highest BCUT2D eigenvalue weighted by Gasteiger charge is 2.11. The standard InChI is InChI=1S/C12H11BrO2S.C9H11BrO2.C4H5BO2S/c1-14-9-6-8(11-4-3-5-16-11)7-10(15-2)12(9)13;1-6-4-7(11-2)9(10)8(5-6)12-3;6-5(7)4-2-1-3-8-4/h3-7H,1-2H3;4-5H,1-3H3;1-3,6-7H. The Kier molecular flexibility index (Phi) is 12.8. The fourth-order valence-corrected chi connectivity index (χ4v) is 5.31. The summed E-state index contributed by atoms with van der Waals surface area (Å²) in [5.41, 5.74) is 2.22. The Morgan fingerprint density at radius 1 is 0.694 bits per heavy atom. The molecule has 0 radical (unpaired) electrons. The highest BCUT2D eigenvalue weighted by Crippen LogP contribution is 2.40. The minimum atomic E-state index is -1.30. The van der Waals surface area contributed by atoms with E-state index in [0.29, 0.717) is 4.78 Å². The fourth-order valence-electron chi connectivity index (χ4n) is 2.89. The molecule has 36 heavy (non-hydrogen) atoms. The fraction of sp³-hybridized carbons (Fsp3) is 0.200. The lowest BCUT2D eigenvalue weighted by atomic mass is 9.90. The third-order valence-electron chi connectivity index (χ3n) is 4.64. The maximum atomic E-state index is 8.48. The van der Waals surface area contributed by atoms with Gasteiger partial charge in [-0.15, -0.1) is 11.3 Å². The number of halogens is 2. The Labute approximate surface area is 236 Å². The van der Waals surface area contributed by atoms with Gasteiger partial charge in [0.25, 0.3) is 0 Å². The van der Waals surface area contributed by atoms with Crippen molar-refractivity contribution in [2.75, 3.05) is 28.4 Å². The normalized spacial score (nSPS) is 9.81. The summed E-state index contributed by atoms with van der Waals surface area (Å²) in [5, 5.41) is 20.8. The van der Waals surface area contributed by atoms with Crippen molar-refractivity contribution in [1.29, 1.82) is 0 Å². The van der Waals surface area contributed by atoms with Crippen LogP contribution in [-0.4, -0.2) is 45.6 Å². The van der Waals surface area contributed by atoms with Crippen LogP contribution in [0.1, 0.15) is 5.56 Å². The molecule has 2 aromatic carbocycles. The Hall–Kier alpha value is -2.02. The largest absolute Gasteiger partial charge is 0.499 e. The van der Waals surface area contributed by atoms with Gasteiger partial charge in [-0.25, -0.2) is 0 Å². The molecule has 0 amide bonds. The summed E-state index contributed by atoms with van der Waals surface area (Å²) in [7, 11) is 5.28. The predicted molar refractivity (Wildman–Crippen MR) is 157 cm³/mol. The average molecular weight is 658 g/mol. The zero-order valence-corrected chi connectivity index (χ0v) is 25.3. The molecule has 2 aromatic heterocycles. The lowest BCUT2D eigenvalue weighted by Gasteiger charge is -2.10. The van der Waals surface area contributed by atoms with Gasteiger partial charge in [0, 0.05) is 9.65 Å². The van der Waals surface area contributed by atoms with Crippen molar-refractivity contribution >= 4 is 66.4 Å². The number of hydrogen-bond acceptors (Lipinski definition) is 8. The van der Waals surface area contributed by atoms with Crippen molar-refractivity contribution < 1.29 is 29.0 Å². The summed E-state index contributed by atoms with van der Waals surface area (Å²) in [6.07, 6.45) is 0. The molecule has 0 spiro atoms. The van der Waals surface area contributed by atoms with E-state index in [9.17, 15) is 0 Å². The van der Waals surface area contributed by atoms with E-state index in [0.717, 1.165) is 43.1 Å². The van der Waals surface area contributed by atoms with Crippen LogP contribution in [0.5, 0.6) is 23.0 Å². The van der Waals surface area contributed by atoms with Crippen LogP contribution < -0.4 is 23.7 Å². The first-order valence-electron chi connectivity index (χ1n) is 10.5. The molecule has 192 valence electrons. The molecule has 0 aliphatic heterocycles. The third kappa shape index (κ3) is 8.53. The summed E-state index contributed by atoms with van der Waals surface area (Å²) in [6.45, 7) is 2.00. The van der Waals surface area contributed by atoms with E-state index in [2.05, 4.69) is 43.3 Å². The van der Waals surface area contributed by atoms with Crippen LogP contribution >= 0.6 is 54.5 Å². The Balaban J connectivity index is 0.000000202. The van der Waals surface area contributed by atoms with Crippen molar-refractivity contribution in [2.24, 2.45) is 0 Å². The summed E-state index contributed by atoms with van der Waals surface area (Å²) in [6, 6.07) is 15.5. The van der Waals surface area contributed by atoms with Gasteiger partial charge in [0.1, 0.15) is 31.9 Å². The summed E-state index contributed by atoms with van der Waals surface area (Å²) in [4.78, 5) is 1.20. The van der Waals surface area contributed by atoms with Gasteiger partial charge in [-0.1, -0.05) is 18.2 Å². The van der Waals surface area contributed by atoms with Gasteiger partial charge in [0.05, 0.1) is 28.4 Å². The summed E-state index contributed by atoms with van der Waals surface area (Å²) in [5.74, 6) is 3.16. The molecule has 0 atom stereocenters. The quantitative estimate of drug-likeness (QED) is 0.234. The predicted octanol–water partition coefficient (Wildman–Crippen LogP) is 6.40. The number of hydrogen-bond donors (Lipinski definition) is 2. The molecule has 0 saturated carbocycles. The van der Waals surface area contributed by atoms with Crippen molar-refractivity contribution in [3.05, 3.63) is 73.8 Å². The van der Waals surface area contributed by atoms with E-state index in [1.54, 1.807) is 57.3 Å².